The SMILES string of the molecule is C=C1Cc2cccc3c2N1Cc1c(ccc(F)c1F)C3C. The Morgan fingerprint density at radius 3 is 2.76 bits per heavy atom. The number of anilines is 1. The summed E-state index contributed by atoms with van der Waals surface area (Å²) in [6.45, 7) is 6.50. The second kappa shape index (κ2) is 4.17. The van der Waals surface area contributed by atoms with Gasteiger partial charge in [0.25, 0.3) is 0 Å². The smallest absolute Gasteiger partial charge is 0.164 e. The van der Waals surface area contributed by atoms with Crippen LogP contribution in [-0.2, 0) is 13.0 Å². The van der Waals surface area contributed by atoms with Gasteiger partial charge in [-0.2, -0.15) is 0 Å². The number of fused-ring (bicyclic) bond motifs is 1. The first-order valence-corrected chi connectivity index (χ1v) is 7.12. The highest BCUT2D eigenvalue weighted by molar-refractivity contribution is 5.72. The maximum Gasteiger partial charge on any atom is 0.164 e. The molecule has 0 saturated heterocycles. The summed E-state index contributed by atoms with van der Waals surface area (Å²) in [6.07, 6.45) is 0.780. The average Bonchev–Trinajstić information content (AvgIpc) is 2.71. The van der Waals surface area contributed by atoms with Crippen molar-refractivity contribution in [2.75, 3.05) is 4.90 Å². The molecule has 1 atom stereocenters. The van der Waals surface area contributed by atoms with Crippen LogP contribution in [0.25, 0.3) is 0 Å². The molecule has 0 fully saturated rings. The molecule has 2 heterocycles. The van der Waals surface area contributed by atoms with E-state index < -0.39 is 11.6 Å². The molecule has 2 aromatic rings. The van der Waals surface area contributed by atoms with E-state index in [9.17, 15) is 8.78 Å². The van der Waals surface area contributed by atoms with E-state index in [1.165, 1.54) is 11.6 Å². The Balaban J connectivity index is 2.03. The van der Waals surface area contributed by atoms with Gasteiger partial charge in [0, 0.05) is 29.3 Å². The van der Waals surface area contributed by atoms with Crippen molar-refractivity contribution in [2.45, 2.75) is 25.8 Å². The van der Waals surface area contributed by atoms with Crippen molar-refractivity contribution in [3.8, 4) is 0 Å². The maximum atomic E-state index is 14.3. The first-order valence-electron chi connectivity index (χ1n) is 7.12. The fourth-order valence-corrected chi connectivity index (χ4v) is 3.60. The van der Waals surface area contributed by atoms with Gasteiger partial charge in [-0.3, -0.25) is 0 Å². The average molecular weight is 283 g/mol. The third-order valence-corrected chi connectivity index (χ3v) is 4.68. The van der Waals surface area contributed by atoms with Gasteiger partial charge in [-0.05, 0) is 22.8 Å². The third-order valence-electron chi connectivity index (χ3n) is 4.68. The molecule has 3 heteroatoms. The molecule has 21 heavy (non-hydrogen) atoms. The van der Waals surface area contributed by atoms with Crippen molar-refractivity contribution in [1.29, 1.82) is 0 Å². The van der Waals surface area contributed by atoms with Gasteiger partial charge in [-0.15, -0.1) is 0 Å². The topological polar surface area (TPSA) is 3.24 Å². The van der Waals surface area contributed by atoms with Gasteiger partial charge in [-0.25, -0.2) is 8.78 Å². The first kappa shape index (κ1) is 12.6. The predicted octanol–water partition coefficient (Wildman–Crippen LogP) is 4.51. The Kier molecular flexibility index (Phi) is 2.49. The monoisotopic (exact) mass is 283 g/mol. The molecular weight excluding hydrogens is 268 g/mol. The van der Waals surface area contributed by atoms with Crippen molar-refractivity contribution >= 4 is 5.69 Å². The maximum absolute atomic E-state index is 14.3. The van der Waals surface area contributed by atoms with Gasteiger partial charge in [0.05, 0.1) is 6.54 Å². The number of nitrogens with zero attached hydrogens (tertiary/aromatic N) is 1. The molecule has 0 bridgehead atoms. The van der Waals surface area contributed by atoms with Crippen LogP contribution in [0.5, 0.6) is 0 Å². The minimum atomic E-state index is -0.781. The molecule has 1 unspecified atom stereocenters. The van der Waals surface area contributed by atoms with E-state index in [1.807, 2.05) is 11.0 Å². The zero-order valence-electron chi connectivity index (χ0n) is 11.8. The number of para-hydroxylation sites is 1. The molecular formula is C18H15F2N. The van der Waals surface area contributed by atoms with Gasteiger partial charge in [-0.1, -0.05) is 37.8 Å². The lowest BCUT2D eigenvalue weighted by atomic mass is 9.89. The summed E-state index contributed by atoms with van der Waals surface area (Å²) < 4.78 is 27.9. The van der Waals surface area contributed by atoms with Crippen molar-refractivity contribution in [3.05, 3.63) is 76.5 Å². The van der Waals surface area contributed by atoms with Crippen LogP contribution in [0.1, 0.15) is 35.1 Å². The number of hydrogen-bond donors (Lipinski definition) is 0. The molecule has 0 amide bonds. The van der Waals surface area contributed by atoms with Gasteiger partial charge >= 0.3 is 0 Å². The van der Waals surface area contributed by atoms with Crippen LogP contribution in [0, 0.1) is 11.6 Å². The molecule has 0 aliphatic carbocycles. The largest absolute Gasteiger partial charge is 0.340 e. The molecule has 2 aliphatic heterocycles. The minimum Gasteiger partial charge on any atom is -0.340 e. The first-order chi connectivity index (χ1) is 10.1. The molecule has 2 aliphatic rings. The molecule has 0 N–H and O–H groups in total. The molecule has 0 radical (unpaired) electrons. The Labute approximate surface area is 122 Å². The van der Waals surface area contributed by atoms with Crippen LogP contribution >= 0.6 is 0 Å². The summed E-state index contributed by atoms with van der Waals surface area (Å²) in [5, 5.41) is 0. The second-order valence-electron chi connectivity index (χ2n) is 5.83. The summed E-state index contributed by atoms with van der Waals surface area (Å²) in [5.74, 6) is -1.47. The Bertz CT molecular complexity index is 779. The van der Waals surface area contributed by atoms with Crippen molar-refractivity contribution in [2.24, 2.45) is 0 Å². The van der Waals surface area contributed by atoms with Crippen LogP contribution < -0.4 is 4.90 Å². The highest BCUT2D eigenvalue weighted by Gasteiger charge is 2.33. The van der Waals surface area contributed by atoms with E-state index in [-0.39, 0.29) is 5.92 Å². The molecule has 0 spiro atoms. The molecule has 4 rings (SSSR count). The van der Waals surface area contributed by atoms with Gasteiger partial charge in [0.2, 0.25) is 0 Å². The van der Waals surface area contributed by atoms with Crippen molar-refractivity contribution < 1.29 is 8.78 Å². The summed E-state index contributed by atoms with van der Waals surface area (Å²) >= 11 is 0. The van der Waals surface area contributed by atoms with Gasteiger partial charge in [0.15, 0.2) is 11.6 Å². The highest BCUT2D eigenvalue weighted by Crippen LogP contribution is 2.46. The number of allylic oxidation sites excluding steroid dienone is 1. The summed E-state index contributed by atoms with van der Waals surface area (Å²) in [7, 11) is 0. The fourth-order valence-electron chi connectivity index (χ4n) is 3.60. The Morgan fingerprint density at radius 2 is 1.95 bits per heavy atom. The van der Waals surface area contributed by atoms with Gasteiger partial charge in [0.1, 0.15) is 0 Å². The minimum absolute atomic E-state index is 0.0425. The molecule has 2 aromatic carbocycles. The quantitative estimate of drug-likeness (QED) is 0.687. The molecule has 106 valence electrons. The van der Waals surface area contributed by atoms with Crippen LogP contribution in [0.3, 0.4) is 0 Å². The fraction of sp³-hybridized carbons (Fsp3) is 0.222. The van der Waals surface area contributed by atoms with E-state index in [0.717, 1.165) is 28.9 Å². The third kappa shape index (κ3) is 1.60. The van der Waals surface area contributed by atoms with Crippen LogP contribution in [0.2, 0.25) is 0 Å². The summed E-state index contributed by atoms with van der Waals surface area (Å²) in [5.41, 5.74) is 5.78. The standard InChI is InChI=1S/C18H15F2N/c1-10-8-12-4-3-5-14-11(2)13-6-7-16(19)17(20)15(13)9-21(10)18(12)14/h3-7,11H,1,8-9H2,2H3. The highest BCUT2D eigenvalue weighted by atomic mass is 19.2. The van der Waals surface area contributed by atoms with E-state index in [4.69, 9.17) is 0 Å². The van der Waals surface area contributed by atoms with Crippen LogP contribution in [-0.4, -0.2) is 0 Å². The number of benzene rings is 2. The molecule has 0 saturated carbocycles. The van der Waals surface area contributed by atoms with Crippen LogP contribution in [0.4, 0.5) is 14.5 Å². The zero-order valence-corrected chi connectivity index (χ0v) is 11.8. The van der Waals surface area contributed by atoms with Crippen molar-refractivity contribution in [1.82, 2.24) is 0 Å². The van der Waals surface area contributed by atoms with E-state index in [0.29, 0.717) is 12.1 Å². The zero-order chi connectivity index (χ0) is 14.7. The number of rotatable bonds is 0. The van der Waals surface area contributed by atoms with E-state index in [2.05, 4.69) is 25.6 Å². The second-order valence-corrected chi connectivity index (χ2v) is 5.83. The predicted molar refractivity (Wildman–Crippen MR) is 79.3 cm³/mol. The molecule has 1 nitrogen and oxygen atoms in total. The van der Waals surface area contributed by atoms with Gasteiger partial charge < -0.3 is 4.90 Å². The van der Waals surface area contributed by atoms with E-state index >= 15 is 0 Å². The lowest BCUT2D eigenvalue weighted by Crippen LogP contribution is -2.18. The van der Waals surface area contributed by atoms with Crippen LogP contribution in [0.15, 0.2) is 42.6 Å². The van der Waals surface area contributed by atoms with E-state index in [1.54, 1.807) is 6.07 Å². The Hall–Kier alpha value is -2.16. The number of halogens is 2. The molecule has 0 aromatic heterocycles. The summed E-state index contributed by atoms with van der Waals surface area (Å²) in [4.78, 5) is 2.04. The normalized spacial score (nSPS) is 19.3. The number of hydrogen-bond acceptors (Lipinski definition) is 1. The summed E-state index contributed by atoms with van der Waals surface area (Å²) in [6, 6.07) is 9.13. The van der Waals surface area contributed by atoms with Crippen molar-refractivity contribution in [3.63, 3.8) is 0 Å². The lowest BCUT2D eigenvalue weighted by molar-refractivity contribution is 0.496. The lowest BCUT2D eigenvalue weighted by Gasteiger charge is -2.21. The Morgan fingerprint density at radius 1 is 1.14 bits per heavy atom.